The summed E-state index contributed by atoms with van der Waals surface area (Å²) in [4.78, 5) is 50.7. The van der Waals surface area contributed by atoms with Gasteiger partial charge in [0.2, 0.25) is 11.8 Å². The normalized spacial score (nSPS) is 16.3. The van der Waals surface area contributed by atoms with Gasteiger partial charge in [0.15, 0.2) is 5.96 Å². The number of carbonyl (C=O) groups excluding carboxylic acids is 3. The predicted molar refractivity (Wildman–Crippen MR) is 143 cm³/mol. The third kappa shape index (κ3) is 8.78. The van der Waals surface area contributed by atoms with Crippen LogP contribution in [0.2, 0.25) is 0 Å². The molecule has 0 bridgehead atoms. The molecule has 2 aromatic carbocycles. The van der Waals surface area contributed by atoms with Crippen molar-refractivity contribution < 1.29 is 29.0 Å². The number of nitrogens with two attached hydrogens (primary N) is 3. The molecular weight excluding hydrogens is 512 g/mol. The molecule has 3 atom stereocenters. The highest BCUT2D eigenvalue weighted by atomic mass is 32.2. The maximum Gasteiger partial charge on any atom is 0.326 e. The first kappa shape index (κ1) is 28.5. The Balaban J connectivity index is 1.48. The van der Waals surface area contributed by atoms with Gasteiger partial charge in [-0.2, -0.15) is 0 Å². The van der Waals surface area contributed by atoms with Gasteiger partial charge >= 0.3 is 5.97 Å². The Morgan fingerprint density at radius 3 is 2.18 bits per heavy atom. The van der Waals surface area contributed by atoms with Gasteiger partial charge < -0.3 is 32.4 Å². The molecule has 0 radical (unpaired) electrons. The first-order chi connectivity index (χ1) is 18.1. The van der Waals surface area contributed by atoms with Gasteiger partial charge in [-0.3, -0.25) is 24.7 Å². The topological polar surface area (TPSA) is 212 Å². The smallest absolute Gasteiger partial charge is 0.326 e. The molecule has 1 saturated heterocycles. The highest BCUT2D eigenvalue weighted by Gasteiger charge is 2.31. The molecule has 13 heteroatoms. The molecule has 3 rings (SSSR count). The number of aliphatic imine (C=N–C) groups is 1. The maximum atomic E-state index is 12.4. The van der Waals surface area contributed by atoms with Crippen LogP contribution in [0, 0.1) is 0 Å². The molecule has 9 N–H and O–H groups in total. The van der Waals surface area contributed by atoms with E-state index in [0.717, 1.165) is 22.9 Å². The number of guanidine groups is 1. The van der Waals surface area contributed by atoms with Crippen molar-refractivity contribution in [2.75, 3.05) is 6.54 Å². The summed E-state index contributed by atoms with van der Waals surface area (Å²) in [5.41, 5.74) is 18.2. The second-order valence-corrected chi connectivity index (χ2v) is 9.81. The number of carbonyl (C=O) groups is 4. The second kappa shape index (κ2) is 13.4. The summed E-state index contributed by atoms with van der Waals surface area (Å²) in [5.74, 6) is -0.930. The summed E-state index contributed by atoms with van der Waals surface area (Å²) in [5, 5.41) is 13.3. The monoisotopic (exact) mass is 542 g/mol. The highest BCUT2D eigenvalue weighted by Crippen LogP contribution is 2.26. The Hall–Kier alpha value is -4.10. The quantitative estimate of drug-likeness (QED) is 0.119. The summed E-state index contributed by atoms with van der Waals surface area (Å²) in [6, 6.07) is 12.2. The van der Waals surface area contributed by atoms with Gasteiger partial charge in [-0.1, -0.05) is 36.0 Å². The van der Waals surface area contributed by atoms with Gasteiger partial charge in [0.1, 0.15) is 17.5 Å². The van der Waals surface area contributed by atoms with Crippen LogP contribution in [-0.4, -0.2) is 58.0 Å². The molecule has 2 aromatic rings. The van der Waals surface area contributed by atoms with E-state index < -0.39 is 29.2 Å². The van der Waals surface area contributed by atoms with Gasteiger partial charge in [0.25, 0.3) is 5.24 Å². The minimum absolute atomic E-state index is 0.0811. The zero-order chi connectivity index (χ0) is 27.7. The average molecular weight is 543 g/mol. The molecule has 3 amide bonds. The lowest BCUT2D eigenvalue weighted by Gasteiger charge is -2.18. The standard InChI is InChI=1S/C25H30N6O6S/c26-18(21(32)30-19(23(34)35)2-1-11-29-24(27)28)12-14-3-7-16(8-4-14)37-17-9-5-15(6-10-17)13-20-22(33)31-25(36)38-20/h3-10,18-20H,1-2,11-13,26H2,(H,30,32)(H,34,35)(H4,27,28,29)(H,31,33,36)/t18-,19?,20?/m0/s1. The summed E-state index contributed by atoms with van der Waals surface area (Å²) in [6.45, 7) is 0.257. The number of ether oxygens (including phenoxy) is 1. The molecule has 0 aliphatic carbocycles. The SMILES string of the molecule is NC(N)=NCCCC(NC(=O)[C@@H](N)Cc1ccc(Oc2ccc(CC3SC(=O)NC3=O)cc2)cc1)C(=O)O. The van der Waals surface area contributed by atoms with E-state index >= 15 is 0 Å². The zero-order valence-corrected chi connectivity index (χ0v) is 21.3. The van der Waals surface area contributed by atoms with Crippen LogP contribution >= 0.6 is 11.8 Å². The number of hydrogen-bond donors (Lipinski definition) is 6. The summed E-state index contributed by atoms with van der Waals surface area (Å²) >= 11 is 0.988. The third-order valence-electron chi connectivity index (χ3n) is 5.62. The number of nitrogens with zero attached hydrogens (tertiary/aromatic N) is 1. The van der Waals surface area contributed by atoms with Crippen molar-refractivity contribution in [2.45, 2.75) is 43.0 Å². The first-order valence-electron chi connectivity index (χ1n) is 11.8. The van der Waals surface area contributed by atoms with Crippen LogP contribution in [0.4, 0.5) is 4.79 Å². The van der Waals surface area contributed by atoms with Crippen molar-refractivity contribution in [3.8, 4) is 11.5 Å². The van der Waals surface area contributed by atoms with Crippen LogP contribution in [0.25, 0.3) is 0 Å². The molecule has 0 saturated carbocycles. The van der Waals surface area contributed by atoms with E-state index in [-0.39, 0.29) is 36.5 Å². The average Bonchev–Trinajstić information content (AvgIpc) is 3.19. The fourth-order valence-corrected chi connectivity index (χ4v) is 4.51. The minimum Gasteiger partial charge on any atom is -0.480 e. The van der Waals surface area contributed by atoms with Crippen molar-refractivity contribution in [1.29, 1.82) is 0 Å². The largest absolute Gasteiger partial charge is 0.480 e. The Morgan fingerprint density at radius 1 is 1.05 bits per heavy atom. The number of carboxylic acid groups (broad SMARTS) is 1. The number of rotatable bonds is 13. The number of imide groups is 1. The molecule has 1 heterocycles. The van der Waals surface area contributed by atoms with Gasteiger partial charge in [0, 0.05) is 6.54 Å². The molecule has 38 heavy (non-hydrogen) atoms. The zero-order valence-electron chi connectivity index (χ0n) is 20.5. The van der Waals surface area contributed by atoms with E-state index in [2.05, 4.69) is 15.6 Å². The fraction of sp³-hybridized carbons (Fsp3) is 0.320. The van der Waals surface area contributed by atoms with E-state index in [0.29, 0.717) is 24.3 Å². The molecule has 202 valence electrons. The van der Waals surface area contributed by atoms with Crippen LogP contribution < -0.4 is 32.6 Å². The van der Waals surface area contributed by atoms with E-state index in [1.54, 1.807) is 36.4 Å². The molecule has 12 nitrogen and oxygen atoms in total. The Morgan fingerprint density at radius 2 is 1.66 bits per heavy atom. The van der Waals surface area contributed by atoms with Gasteiger partial charge in [-0.05, 0) is 61.1 Å². The van der Waals surface area contributed by atoms with E-state index in [1.165, 1.54) is 0 Å². The van der Waals surface area contributed by atoms with E-state index in [1.807, 2.05) is 12.1 Å². The van der Waals surface area contributed by atoms with Gasteiger partial charge in [0.05, 0.1) is 11.3 Å². The van der Waals surface area contributed by atoms with E-state index in [9.17, 15) is 24.3 Å². The number of benzene rings is 2. The summed E-state index contributed by atoms with van der Waals surface area (Å²) in [6.07, 6.45) is 1.19. The molecular formula is C25H30N6O6S. The second-order valence-electron chi connectivity index (χ2n) is 8.64. The Bertz CT molecular complexity index is 1180. The Kier molecular flexibility index (Phi) is 10.1. The predicted octanol–water partition coefficient (Wildman–Crippen LogP) is 0.866. The van der Waals surface area contributed by atoms with Crippen molar-refractivity contribution in [3.05, 3.63) is 59.7 Å². The Labute approximate surface area is 223 Å². The summed E-state index contributed by atoms with van der Waals surface area (Å²) in [7, 11) is 0. The molecule has 1 aliphatic heterocycles. The highest BCUT2D eigenvalue weighted by molar-refractivity contribution is 8.15. The lowest BCUT2D eigenvalue weighted by molar-refractivity contribution is -0.142. The number of thioether (sulfide) groups is 1. The van der Waals surface area contributed by atoms with Crippen molar-refractivity contribution in [1.82, 2.24) is 10.6 Å². The number of amides is 3. The maximum absolute atomic E-state index is 12.4. The lowest BCUT2D eigenvalue weighted by atomic mass is 10.0. The van der Waals surface area contributed by atoms with Crippen molar-refractivity contribution >= 4 is 40.7 Å². The summed E-state index contributed by atoms with van der Waals surface area (Å²) < 4.78 is 5.85. The fourth-order valence-electron chi connectivity index (χ4n) is 3.65. The number of hydrogen-bond acceptors (Lipinski definition) is 8. The lowest BCUT2D eigenvalue weighted by Crippen LogP contribution is -2.49. The van der Waals surface area contributed by atoms with Crippen LogP contribution in [0.1, 0.15) is 24.0 Å². The van der Waals surface area contributed by atoms with Gasteiger partial charge in [-0.25, -0.2) is 4.79 Å². The van der Waals surface area contributed by atoms with Crippen molar-refractivity contribution in [2.24, 2.45) is 22.2 Å². The van der Waals surface area contributed by atoms with Gasteiger partial charge in [-0.15, -0.1) is 0 Å². The molecule has 1 aliphatic rings. The molecule has 0 aromatic heterocycles. The number of carboxylic acids is 1. The molecule has 1 fully saturated rings. The van der Waals surface area contributed by atoms with Crippen LogP contribution in [0.3, 0.4) is 0 Å². The number of aliphatic carboxylic acids is 1. The molecule has 2 unspecified atom stereocenters. The number of nitrogens with one attached hydrogen (secondary N) is 2. The van der Waals surface area contributed by atoms with Crippen LogP contribution in [0.5, 0.6) is 11.5 Å². The van der Waals surface area contributed by atoms with Crippen molar-refractivity contribution in [3.63, 3.8) is 0 Å². The molecule has 0 spiro atoms. The minimum atomic E-state index is -1.16. The van der Waals surface area contributed by atoms with Crippen LogP contribution in [0.15, 0.2) is 53.5 Å². The van der Waals surface area contributed by atoms with E-state index in [4.69, 9.17) is 21.9 Å². The first-order valence-corrected chi connectivity index (χ1v) is 12.7. The van der Waals surface area contributed by atoms with Crippen LogP contribution in [-0.2, 0) is 27.2 Å². The third-order valence-corrected chi connectivity index (χ3v) is 6.60.